The van der Waals surface area contributed by atoms with Crippen LogP contribution in [0.5, 0.6) is 5.75 Å². The van der Waals surface area contributed by atoms with Gasteiger partial charge in [-0.2, -0.15) is 0 Å². The molecule has 8 heteroatoms. The number of piperazine rings is 1. The van der Waals surface area contributed by atoms with Gasteiger partial charge in [-0.3, -0.25) is 9.79 Å². The van der Waals surface area contributed by atoms with Crippen LogP contribution in [-0.4, -0.2) is 69.7 Å². The van der Waals surface area contributed by atoms with Gasteiger partial charge in [0.2, 0.25) is 5.91 Å². The van der Waals surface area contributed by atoms with Crippen LogP contribution in [0.4, 0.5) is 5.69 Å². The number of hydrogen-bond acceptors (Lipinski definition) is 4. The lowest BCUT2D eigenvalue weighted by Gasteiger charge is -2.36. The molecule has 0 aliphatic carbocycles. The van der Waals surface area contributed by atoms with Crippen LogP contribution in [0.3, 0.4) is 0 Å². The van der Waals surface area contributed by atoms with Crippen molar-refractivity contribution in [2.24, 2.45) is 4.99 Å². The van der Waals surface area contributed by atoms with Crippen LogP contribution in [0.1, 0.15) is 0 Å². The van der Waals surface area contributed by atoms with E-state index in [1.807, 2.05) is 53.4 Å². The van der Waals surface area contributed by atoms with E-state index in [0.717, 1.165) is 31.9 Å². The molecule has 162 valence electrons. The fourth-order valence-electron chi connectivity index (χ4n) is 3.20. The summed E-state index contributed by atoms with van der Waals surface area (Å²) in [6.45, 7) is 4.49. The average Bonchev–Trinajstić information content (AvgIpc) is 2.80. The quantitative estimate of drug-likeness (QED) is 0.252. The Morgan fingerprint density at radius 1 is 0.967 bits per heavy atom. The van der Waals surface area contributed by atoms with E-state index in [-0.39, 0.29) is 36.4 Å². The first-order valence-electron chi connectivity index (χ1n) is 9.96. The van der Waals surface area contributed by atoms with Crippen molar-refractivity contribution < 1.29 is 9.53 Å². The largest absolute Gasteiger partial charge is 0.492 e. The number of guanidine groups is 1. The Bertz CT molecular complexity index is 781. The third-order valence-corrected chi connectivity index (χ3v) is 4.79. The number of carbonyl (C=O) groups excluding carboxylic acids is 1. The normalized spacial score (nSPS) is 14.0. The highest BCUT2D eigenvalue weighted by molar-refractivity contribution is 14.0. The van der Waals surface area contributed by atoms with Crippen LogP contribution < -0.4 is 20.3 Å². The molecule has 30 heavy (non-hydrogen) atoms. The van der Waals surface area contributed by atoms with Gasteiger partial charge in [-0.1, -0.05) is 36.4 Å². The molecule has 1 fully saturated rings. The number of rotatable bonds is 7. The number of ether oxygens (including phenoxy) is 1. The van der Waals surface area contributed by atoms with Gasteiger partial charge in [-0.15, -0.1) is 24.0 Å². The summed E-state index contributed by atoms with van der Waals surface area (Å²) in [7, 11) is 1.69. The molecule has 1 aliphatic heterocycles. The summed E-state index contributed by atoms with van der Waals surface area (Å²) >= 11 is 0. The molecular weight excluding hydrogens is 493 g/mol. The molecule has 2 aromatic carbocycles. The van der Waals surface area contributed by atoms with Gasteiger partial charge >= 0.3 is 0 Å². The van der Waals surface area contributed by atoms with E-state index in [1.165, 1.54) is 5.69 Å². The monoisotopic (exact) mass is 523 g/mol. The number of hydrogen-bond donors (Lipinski definition) is 2. The second kappa shape index (κ2) is 12.9. The van der Waals surface area contributed by atoms with E-state index in [0.29, 0.717) is 19.1 Å². The minimum absolute atomic E-state index is 0. The van der Waals surface area contributed by atoms with Crippen molar-refractivity contribution in [2.75, 3.05) is 57.8 Å². The highest BCUT2D eigenvalue weighted by Gasteiger charge is 2.21. The Morgan fingerprint density at radius 2 is 1.60 bits per heavy atom. The zero-order valence-corrected chi connectivity index (χ0v) is 19.6. The molecule has 1 saturated heterocycles. The fourth-order valence-corrected chi connectivity index (χ4v) is 3.20. The van der Waals surface area contributed by atoms with Crippen molar-refractivity contribution in [3.8, 4) is 5.75 Å². The molecule has 1 heterocycles. The standard InChI is InChI=1S/C22H29N5O2.HI/c1-23-22(24-12-17-29-20-10-6-3-7-11-20)25-18-21(28)27-15-13-26(14-16-27)19-8-4-2-5-9-19;/h2-11H,12-18H2,1H3,(H2,23,24,25);1H. The van der Waals surface area contributed by atoms with Gasteiger partial charge in [-0.25, -0.2) is 0 Å². The molecule has 1 aliphatic rings. The average molecular weight is 523 g/mol. The molecule has 0 radical (unpaired) electrons. The minimum Gasteiger partial charge on any atom is -0.492 e. The molecule has 7 nitrogen and oxygen atoms in total. The summed E-state index contributed by atoms with van der Waals surface area (Å²) in [5.74, 6) is 1.51. The topological polar surface area (TPSA) is 69.2 Å². The maximum Gasteiger partial charge on any atom is 0.242 e. The molecule has 0 unspecified atom stereocenters. The van der Waals surface area contributed by atoms with Gasteiger partial charge in [-0.05, 0) is 24.3 Å². The summed E-state index contributed by atoms with van der Waals surface area (Å²) < 4.78 is 5.64. The lowest BCUT2D eigenvalue weighted by atomic mass is 10.2. The van der Waals surface area contributed by atoms with Gasteiger partial charge in [0.25, 0.3) is 0 Å². The first kappa shape index (κ1) is 23.8. The number of aliphatic imine (C=N–C) groups is 1. The number of para-hydroxylation sites is 2. The van der Waals surface area contributed by atoms with Crippen LogP contribution in [0, 0.1) is 0 Å². The van der Waals surface area contributed by atoms with Crippen LogP contribution in [0.25, 0.3) is 0 Å². The van der Waals surface area contributed by atoms with E-state index in [2.05, 4.69) is 32.7 Å². The number of benzene rings is 2. The first-order chi connectivity index (χ1) is 14.3. The lowest BCUT2D eigenvalue weighted by molar-refractivity contribution is -0.130. The smallest absolute Gasteiger partial charge is 0.242 e. The molecule has 1 amide bonds. The van der Waals surface area contributed by atoms with Gasteiger partial charge in [0, 0.05) is 38.9 Å². The molecule has 0 aromatic heterocycles. The van der Waals surface area contributed by atoms with E-state index in [9.17, 15) is 4.79 Å². The van der Waals surface area contributed by atoms with Crippen LogP contribution in [0.15, 0.2) is 65.7 Å². The van der Waals surface area contributed by atoms with Crippen molar-refractivity contribution in [1.82, 2.24) is 15.5 Å². The van der Waals surface area contributed by atoms with Gasteiger partial charge in [0.1, 0.15) is 12.4 Å². The third-order valence-electron chi connectivity index (χ3n) is 4.79. The Morgan fingerprint density at radius 3 is 2.23 bits per heavy atom. The summed E-state index contributed by atoms with van der Waals surface area (Å²) in [6, 6.07) is 20.0. The molecule has 0 atom stereocenters. The van der Waals surface area contributed by atoms with E-state index >= 15 is 0 Å². The third kappa shape index (κ3) is 7.40. The van der Waals surface area contributed by atoms with Gasteiger partial charge in [0.15, 0.2) is 5.96 Å². The Labute approximate surface area is 195 Å². The SMILES string of the molecule is CN=C(NCCOc1ccccc1)NCC(=O)N1CCN(c2ccccc2)CC1.I. The van der Waals surface area contributed by atoms with Gasteiger partial charge < -0.3 is 25.2 Å². The summed E-state index contributed by atoms with van der Waals surface area (Å²) in [5, 5.41) is 6.25. The van der Waals surface area contributed by atoms with Crippen molar-refractivity contribution >= 4 is 41.5 Å². The number of amides is 1. The molecule has 3 rings (SSSR count). The van der Waals surface area contributed by atoms with Crippen molar-refractivity contribution in [2.45, 2.75) is 0 Å². The molecule has 0 spiro atoms. The summed E-state index contributed by atoms with van der Waals surface area (Å²) in [6.07, 6.45) is 0. The van der Waals surface area contributed by atoms with E-state index in [1.54, 1.807) is 7.05 Å². The van der Waals surface area contributed by atoms with Crippen molar-refractivity contribution in [3.05, 3.63) is 60.7 Å². The number of halogens is 1. The highest BCUT2D eigenvalue weighted by Crippen LogP contribution is 2.15. The van der Waals surface area contributed by atoms with Crippen molar-refractivity contribution in [1.29, 1.82) is 0 Å². The molecule has 0 bridgehead atoms. The van der Waals surface area contributed by atoms with E-state index < -0.39 is 0 Å². The predicted molar refractivity (Wildman–Crippen MR) is 132 cm³/mol. The molecule has 0 saturated carbocycles. The summed E-state index contributed by atoms with van der Waals surface area (Å²) in [5.41, 5.74) is 1.21. The van der Waals surface area contributed by atoms with E-state index in [4.69, 9.17) is 4.74 Å². The van der Waals surface area contributed by atoms with Gasteiger partial charge in [0.05, 0.1) is 13.1 Å². The minimum atomic E-state index is 0. The van der Waals surface area contributed by atoms with Crippen molar-refractivity contribution in [3.63, 3.8) is 0 Å². The van der Waals surface area contributed by atoms with Crippen LogP contribution in [-0.2, 0) is 4.79 Å². The first-order valence-corrected chi connectivity index (χ1v) is 9.96. The molecule has 2 aromatic rings. The predicted octanol–water partition coefficient (Wildman–Crippen LogP) is 2.20. The summed E-state index contributed by atoms with van der Waals surface area (Å²) in [4.78, 5) is 20.9. The fraction of sp³-hybridized carbons (Fsp3) is 0.364. The Kier molecular flexibility index (Phi) is 10.3. The maximum atomic E-state index is 12.5. The highest BCUT2D eigenvalue weighted by atomic mass is 127. The molecular formula is C22H30IN5O2. The van der Waals surface area contributed by atoms with Crippen LogP contribution >= 0.6 is 24.0 Å². The number of anilines is 1. The zero-order chi connectivity index (χ0) is 20.3. The second-order valence-electron chi connectivity index (χ2n) is 6.72. The Hall–Kier alpha value is -2.49. The molecule has 2 N–H and O–H groups in total. The lowest BCUT2D eigenvalue weighted by Crippen LogP contribution is -2.52. The van der Waals surface area contributed by atoms with Crippen LogP contribution in [0.2, 0.25) is 0 Å². The maximum absolute atomic E-state index is 12.5. The second-order valence-corrected chi connectivity index (χ2v) is 6.72. The Balaban J connectivity index is 0.00000320. The zero-order valence-electron chi connectivity index (χ0n) is 17.3. The number of carbonyl (C=O) groups is 1. The number of nitrogens with zero attached hydrogens (tertiary/aromatic N) is 3. The number of nitrogens with one attached hydrogen (secondary N) is 2.